The number of aromatic nitrogens is 2. The molecule has 0 radical (unpaired) electrons. The monoisotopic (exact) mass is 508 g/mol. The maximum Gasteiger partial charge on any atom is 0.341 e. The second-order valence-corrected chi connectivity index (χ2v) is 8.19. The third-order valence-corrected chi connectivity index (χ3v) is 5.71. The van der Waals surface area contributed by atoms with Gasteiger partial charge in [-0.25, -0.2) is 4.79 Å². The van der Waals surface area contributed by atoms with E-state index in [0.29, 0.717) is 34.5 Å². The van der Waals surface area contributed by atoms with Gasteiger partial charge in [0.25, 0.3) is 0 Å². The predicted octanol–water partition coefficient (Wildman–Crippen LogP) is 2.20. The van der Waals surface area contributed by atoms with Crippen molar-refractivity contribution in [2.75, 3.05) is 11.9 Å². The molecular weight excluding hydrogens is 487 g/mol. The lowest BCUT2D eigenvalue weighted by Crippen LogP contribution is -2.41. The van der Waals surface area contributed by atoms with Gasteiger partial charge in [-0.05, 0) is 48.2 Å². The van der Waals surface area contributed by atoms with E-state index in [-0.39, 0.29) is 36.8 Å². The number of hydrogen-bond donors (Lipinski definition) is 4. The van der Waals surface area contributed by atoms with Crippen LogP contribution in [0.2, 0.25) is 5.02 Å². The van der Waals surface area contributed by atoms with Crippen molar-refractivity contribution in [2.45, 2.75) is 31.8 Å². The fourth-order valence-electron chi connectivity index (χ4n) is 4.08. The van der Waals surface area contributed by atoms with Crippen molar-refractivity contribution in [1.29, 1.82) is 0 Å². The van der Waals surface area contributed by atoms with E-state index >= 15 is 0 Å². The van der Waals surface area contributed by atoms with E-state index in [4.69, 9.17) is 27.2 Å². The molecule has 10 nitrogen and oxygen atoms in total. The first-order valence-corrected chi connectivity index (χ1v) is 10.6. The molecule has 12 heteroatoms. The first kappa shape index (κ1) is 25.3. The molecule has 0 saturated carbocycles. The summed E-state index contributed by atoms with van der Waals surface area (Å²) in [6, 6.07) is 7.61. The minimum absolute atomic E-state index is 0. The van der Waals surface area contributed by atoms with E-state index in [1.807, 2.05) is 0 Å². The highest BCUT2D eigenvalue weighted by Gasteiger charge is 2.27. The summed E-state index contributed by atoms with van der Waals surface area (Å²) in [6.07, 6.45) is 0.976. The van der Waals surface area contributed by atoms with E-state index < -0.39 is 35.6 Å². The summed E-state index contributed by atoms with van der Waals surface area (Å²) < 4.78 is 6.65. The number of aryl methyl sites for hydroxylation is 1. The van der Waals surface area contributed by atoms with E-state index in [1.54, 1.807) is 30.3 Å². The number of ether oxygens (including phenoxy) is 1. The number of anilines is 1. The lowest BCUT2D eigenvalue weighted by Gasteiger charge is -2.27. The maximum absolute atomic E-state index is 12.9. The average molecular weight is 509 g/mol. The van der Waals surface area contributed by atoms with Crippen molar-refractivity contribution in [2.24, 2.45) is 5.73 Å². The van der Waals surface area contributed by atoms with Crippen LogP contribution in [0.5, 0.6) is 5.75 Å². The Hall–Kier alpha value is -3.34. The average Bonchev–Trinajstić information content (AvgIpc) is 2.77. The van der Waals surface area contributed by atoms with Gasteiger partial charge < -0.3 is 25.9 Å². The Labute approximate surface area is 204 Å². The van der Waals surface area contributed by atoms with Crippen molar-refractivity contribution in [1.82, 2.24) is 9.55 Å². The number of nitrogens with zero attached hydrogens (tertiary/aromatic N) is 1. The van der Waals surface area contributed by atoms with Crippen LogP contribution >= 0.6 is 24.0 Å². The number of halogens is 2. The normalized spacial score (nSPS) is 14.4. The molecule has 0 aliphatic carbocycles. The lowest BCUT2D eigenvalue weighted by molar-refractivity contribution is -0.139. The van der Waals surface area contributed by atoms with Crippen LogP contribution < -0.4 is 26.9 Å². The first-order chi connectivity index (χ1) is 15.8. The Balaban J connectivity index is 0.00000324. The number of H-pyrrole nitrogens is 1. The quantitative estimate of drug-likeness (QED) is 0.356. The van der Waals surface area contributed by atoms with Gasteiger partial charge in [0.1, 0.15) is 5.75 Å². The summed E-state index contributed by atoms with van der Waals surface area (Å²) in [7, 11) is 0. The van der Waals surface area contributed by atoms with Crippen LogP contribution in [-0.2, 0) is 22.6 Å². The van der Waals surface area contributed by atoms with Crippen LogP contribution in [0.3, 0.4) is 0 Å². The molecule has 1 aromatic heterocycles. The maximum atomic E-state index is 12.9. The van der Waals surface area contributed by atoms with Gasteiger partial charge >= 0.3 is 17.1 Å². The van der Waals surface area contributed by atoms with Crippen molar-refractivity contribution in [3.05, 3.63) is 67.2 Å². The number of carboxylic acids is 1. The number of hydrogen-bond acceptors (Lipinski definition) is 6. The zero-order chi connectivity index (χ0) is 23.7. The van der Waals surface area contributed by atoms with Gasteiger partial charge in [-0.3, -0.25) is 19.0 Å². The molecule has 1 amide bonds. The van der Waals surface area contributed by atoms with Gasteiger partial charge in [0, 0.05) is 24.0 Å². The molecule has 0 spiro atoms. The summed E-state index contributed by atoms with van der Waals surface area (Å²) in [5.74, 6) is -1.41. The highest BCUT2D eigenvalue weighted by molar-refractivity contribution is 6.31. The molecule has 2 aromatic carbocycles. The molecule has 34 heavy (non-hydrogen) atoms. The molecule has 0 fully saturated rings. The zero-order valence-electron chi connectivity index (χ0n) is 17.8. The Morgan fingerprint density at radius 2 is 2.03 bits per heavy atom. The number of amides is 1. The fraction of sp³-hybridized carbons (Fsp3) is 0.273. The second kappa shape index (κ2) is 10.3. The largest absolute Gasteiger partial charge is 0.480 e. The SMILES string of the molecule is Cl.NCc1ccc(NC(=O)CC2CCc3cc(Cl)cc4[nH]c(=O)c(=O)n2c34)c(OCC(=O)O)c1. The van der Waals surface area contributed by atoms with Crippen LogP contribution in [-0.4, -0.2) is 33.1 Å². The third kappa shape index (κ3) is 5.09. The van der Waals surface area contributed by atoms with E-state index in [1.165, 1.54) is 4.57 Å². The van der Waals surface area contributed by atoms with E-state index in [2.05, 4.69) is 10.3 Å². The summed E-state index contributed by atoms with van der Waals surface area (Å²) in [6.45, 7) is -0.371. The smallest absolute Gasteiger partial charge is 0.341 e. The van der Waals surface area contributed by atoms with Crippen molar-refractivity contribution in [3.63, 3.8) is 0 Å². The van der Waals surface area contributed by atoms with E-state index in [0.717, 1.165) is 5.56 Å². The standard InChI is InChI=1S/C22H21ClN4O6.ClH/c23-13-6-12-2-3-14(27-20(12)16(7-13)26-21(31)22(27)32)8-18(28)25-15-4-1-11(9-24)5-17(15)33-10-19(29)30;/h1,4-7,14H,2-3,8-10,24H2,(H,25,28)(H,26,31)(H,29,30);1H. The van der Waals surface area contributed by atoms with Crippen LogP contribution in [0.25, 0.3) is 11.0 Å². The molecular formula is C22H22Cl2N4O6. The molecule has 1 aliphatic rings. The Kier molecular flexibility index (Phi) is 7.65. The number of carboxylic acid groups (broad SMARTS) is 1. The molecule has 5 N–H and O–H groups in total. The van der Waals surface area contributed by atoms with E-state index in [9.17, 15) is 19.2 Å². The van der Waals surface area contributed by atoms with Gasteiger partial charge in [0.05, 0.1) is 16.7 Å². The number of carbonyl (C=O) groups is 2. The Morgan fingerprint density at radius 3 is 2.74 bits per heavy atom. The van der Waals surface area contributed by atoms with Gasteiger partial charge in [-0.15, -0.1) is 12.4 Å². The summed E-state index contributed by atoms with van der Waals surface area (Å²) in [5, 5.41) is 12.1. The van der Waals surface area contributed by atoms with Gasteiger partial charge in [-0.2, -0.15) is 0 Å². The topological polar surface area (TPSA) is 157 Å². The summed E-state index contributed by atoms with van der Waals surface area (Å²) >= 11 is 6.13. The highest BCUT2D eigenvalue weighted by atomic mass is 35.5. The van der Waals surface area contributed by atoms with Crippen molar-refractivity contribution in [3.8, 4) is 5.75 Å². The van der Waals surface area contributed by atoms with Crippen molar-refractivity contribution >= 4 is 52.6 Å². The third-order valence-electron chi connectivity index (χ3n) is 5.50. The Morgan fingerprint density at radius 1 is 1.26 bits per heavy atom. The molecule has 1 atom stereocenters. The lowest BCUT2D eigenvalue weighted by atomic mass is 9.96. The minimum Gasteiger partial charge on any atom is -0.480 e. The number of aliphatic carboxylic acids is 1. The zero-order valence-corrected chi connectivity index (χ0v) is 19.4. The Bertz CT molecular complexity index is 1380. The predicted molar refractivity (Wildman–Crippen MR) is 129 cm³/mol. The number of benzene rings is 2. The van der Waals surface area contributed by atoms with Crippen LogP contribution in [0.15, 0.2) is 39.9 Å². The minimum atomic E-state index is -1.16. The van der Waals surface area contributed by atoms with Crippen LogP contribution in [0.1, 0.15) is 30.0 Å². The molecule has 180 valence electrons. The molecule has 1 unspecified atom stereocenters. The number of nitrogens with one attached hydrogen (secondary N) is 2. The number of nitrogens with two attached hydrogens (primary N) is 1. The molecule has 2 heterocycles. The van der Waals surface area contributed by atoms with Gasteiger partial charge in [0.2, 0.25) is 5.91 Å². The first-order valence-electron chi connectivity index (χ1n) is 10.2. The van der Waals surface area contributed by atoms with Crippen molar-refractivity contribution < 1.29 is 19.4 Å². The summed E-state index contributed by atoms with van der Waals surface area (Å²) in [4.78, 5) is 51.2. The second-order valence-electron chi connectivity index (χ2n) is 7.75. The van der Waals surface area contributed by atoms with Gasteiger partial charge in [0.15, 0.2) is 6.61 Å². The number of carbonyl (C=O) groups excluding carboxylic acids is 1. The molecule has 3 aromatic rings. The van der Waals surface area contributed by atoms with Gasteiger partial charge in [-0.1, -0.05) is 17.7 Å². The molecule has 0 bridgehead atoms. The number of aromatic amines is 1. The summed E-state index contributed by atoms with van der Waals surface area (Å²) in [5.41, 5.74) is 6.92. The highest BCUT2D eigenvalue weighted by Crippen LogP contribution is 2.33. The van der Waals surface area contributed by atoms with Crippen LogP contribution in [0, 0.1) is 0 Å². The fourth-order valence-corrected chi connectivity index (χ4v) is 4.32. The molecule has 1 aliphatic heterocycles. The molecule has 0 saturated heterocycles. The molecule has 4 rings (SSSR count). The number of rotatable bonds is 7. The van der Waals surface area contributed by atoms with Crippen LogP contribution in [0.4, 0.5) is 5.69 Å².